The van der Waals surface area contributed by atoms with E-state index in [0.29, 0.717) is 5.54 Å². The molecule has 90 valence electrons. The fourth-order valence-corrected chi connectivity index (χ4v) is 2.49. The molecule has 0 bridgehead atoms. The first-order chi connectivity index (χ1) is 6.78. The van der Waals surface area contributed by atoms with Gasteiger partial charge < -0.3 is 9.64 Å². The van der Waals surface area contributed by atoms with E-state index >= 15 is 0 Å². The second-order valence-corrected chi connectivity index (χ2v) is 6.14. The lowest BCUT2D eigenvalue weighted by Crippen LogP contribution is -2.61. The topological polar surface area (TPSA) is 12.5 Å². The first-order valence-corrected chi connectivity index (χ1v) is 6.13. The molecule has 0 aliphatic carbocycles. The highest BCUT2D eigenvalue weighted by Gasteiger charge is 2.44. The molecule has 0 aromatic carbocycles. The molecule has 0 aromatic rings. The summed E-state index contributed by atoms with van der Waals surface area (Å²) in [5.74, 6) is 0.722. The Kier molecular flexibility index (Phi) is 3.83. The third-order valence-corrected chi connectivity index (χ3v) is 3.79. The highest BCUT2D eigenvalue weighted by molar-refractivity contribution is 5.00. The molecule has 0 aromatic heterocycles. The van der Waals surface area contributed by atoms with Gasteiger partial charge in [-0.25, -0.2) is 0 Å². The van der Waals surface area contributed by atoms with Crippen molar-refractivity contribution in [2.75, 3.05) is 20.2 Å². The number of nitrogens with zero attached hydrogens (tertiary/aromatic N) is 1. The SMILES string of the molecule is CC(C)C1(CCOC(C)(C)C)CCN1C. The van der Waals surface area contributed by atoms with Crippen molar-refractivity contribution in [3.8, 4) is 0 Å². The maximum absolute atomic E-state index is 5.83. The van der Waals surface area contributed by atoms with Gasteiger partial charge in [-0.3, -0.25) is 0 Å². The van der Waals surface area contributed by atoms with E-state index in [1.165, 1.54) is 19.4 Å². The molecule has 1 fully saturated rings. The molecule has 0 N–H and O–H groups in total. The maximum Gasteiger partial charge on any atom is 0.0598 e. The van der Waals surface area contributed by atoms with Gasteiger partial charge in [0, 0.05) is 18.7 Å². The van der Waals surface area contributed by atoms with Crippen molar-refractivity contribution in [3.05, 3.63) is 0 Å². The summed E-state index contributed by atoms with van der Waals surface area (Å²) in [6.45, 7) is 13.2. The van der Waals surface area contributed by atoms with Crippen LogP contribution >= 0.6 is 0 Å². The summed E-state index contributed by atoms with van der Waals surface area (Å²) in [5, 5.41) is 0. The van der Waals surface area contributed by atoms with Gasteiger partial charge >= 0.3 is 0 Å². The summed E-state index contributed by atoms with van der Waals surface area (Å²) >= 11 is 0. The first kappa shape index (κ1) is 13.0. The Labute approximate surface area is 95.0 Å². The molecule has 0 radical (unpaired) electrons. The van der Waals surface area contributed by atoms with Gasteiger partial charge in [-0.15, -0.1) is 0 Å². The molecular weight excluding hydrogens is 186 g/mol. The fourth-order valence-electron chi connectivity index (χ4n) is 2.49. The maximum atomic E-state index is 5.83. The molecule has 1 unspecified atom stereocenters. The van der Waals surface area contributed by atoms with Crippen molar-refractivity contribution < 1.29 is 4.74 Å². The molecule has 1 heterocycles. The molecule has 0 spiro atoms. The Bertz CT molecular complexity index is 200. The Morgan fingerprint density at radius 2 is 1.93 bits per heavy atom. The van der Waals surface area contributed by atoms with Gasteiger partial charge in [0.15, 0.2) is 0 Å². The summed E-state index contributed by atoms with van der Waals surface area (Å²) in [5.41, 5.74) is 0.408. The highest BCUT2D eigenvalue weighted by atomic mass is 16.5. The normalized spacial score (nSPS) is 28.2. The van der Waals surface area contributed by atoms with Crippen LogP contribution in [-0.2, 0) is 4.74 Å². The lowest BCUT2D eigenvalue weighted by atomic mass is 9.73. The summed E-state index contributed by atoms with van der Waals surface area (Å²) in [4.78, 5) is 2.49. The van der Waals surface area contributed by atoms with Gasteiger partial charge in [0.25, 0.3) is 0 Å². The average molecular weight is 213 g/mol. The van der Waals surface area contributed by atoms with Gasteiger partial charge in [0.1, 0.15) is 0 Å². The average Bonchev–Trinajstić information content (AvgIpc) is 2.07. The van der Waals surface area contributed by atoms with E-state index in [9.17, 15) is 0 Å². The third kappa shape index (κ3) is 2.94. The van der Waals surface area contributed by atoms with Crippen LogP contribution < -0.4 is 0 Å². The van der Waals surface area contributed by atoms with Crippen LogP contribution in [-0.4, -0.2) is 36.2 Å². The molecular formula is C13H27NO. The van der Waals surface area contributed by atoms with Crippen molar-refractivity contribution in [1.82, 2.24) is 4.90 Å². The third-order valence-electron chi connectivity index (χ3n) is 3.79. The molecule has 2 heteroatoms. The summed E-state index contributed by atoms with van der Waals surface area (Å²) in [6.07, 6.45) is 2.49. The van der Waals surface area contributed by atoms with Crippen LogP contribution in [0.4, 0.5) is 0 Å². The van der Waals surface area contributed by atoms with Crippen LogP contribution in [0.1, 0.15) is 47.5 Å². The minimum Gasteiger partial charge on any atom is -0.376 e. The van der Waals surface area contributed by atoms with Crippen molar-refractivity contribution in [2.45, 2.75) is 58.6 Å². The smallest absolute Gasteiger partial charge is 0.0598 e. The van der Waals surface area contributed by atoms with Crippen LogP contribution in [0, 0.1) is 5.92 Å². The lowest BCUT2D eigenvalue weighted by molar-refractivity contribution is -0.0764. The molecule has 1 aliphatic rings. The van der Waals surface area contributed by atoms with Gasteiger partial charge in [0.2, 0.25) is 0 Å². The van der Waals surface area contributed by atoms with Crippen LogP contribution in [0.15, 0.2) is 0 Å². The number of ether oxygens (including phenoxy) is 1. The van der Waals surface area contributed by atoms with Gasteiger partial charge in [-0.1, -0.05) is 13.8 Å². The monoisotopic (exact) mass is 213 g/mol. The van der Waals surface area contributed by atoms with Crippen LogP contribution in [0.3, 0.4) is 0 Å². The predicted octanol–water partition coefficient (Wildman–Crippen LogP) is 2.92. The van der Waals surface area contributed by atoms with E-state index in [1.54, 1.807) is 0 Å². The minimum atomic E-state index is 0.000484. The zero-order valence-electron chi connectivity index (χ0n) is 11.3. The molecule has 1 rings (SSSR count). The number of hydrogen-bond acceptors (Lipinski definition) is 2. The molecule has 2 nitrogen and oxygen atoms in total. The zero-order chi connectivity index (χ0) is 11.7. The van der Waals surface area contributed by atoms with Gasteiger partial charge in [-0.2, -0.15) is 0 Å². The standard InChI is InChI=1S/C13H27NO/c1-11(2)13(7-9-14(13)6)8-10-15-12(3,4)5/h11H,7-10H2,1-6H3. The molecule has 0 saturated carbocycles. The predicted molar refractivity (Wildman–Crippen MR) is 65.1 cm³/mol. The largest absolute Gasteiger partial charge is 0.376 e. The van der Waals surface area contributed by atoms with Crippen LogP contribution in [0.2, 0.25) is 0 Å². The number of likely N-dealkylation sites (tertiary alicyclic amines) is 1. The van der Waals surface area contributed by atoms with E-state index in [0.717, 1.165) is 12.5 Å². The lowest BCUT2D eigenvalue weighted by Gasteiger charge is -2.54. The molecule has 1 aliphatic heterocycles. The first-order valence-electron chi connectivity index (χ1n) is 6.13. The Hall–Kier alpha value is -0.0800. The molecule has 1 saturated heterocycles. The fraction of sp³-hybridized carbons (Fsp3) is 1.00. The van der Waals surface area contributed by atoms with E-state index < -0.39 is 0 Å². The summed E-state index contributed by atoms with van der Waals surface area (Å²) < 4.78 is 5.83. The van der Waals surface area contributed by atoms with Crippen molar-refractivity contribution >= 4 is 0 Å². The van der Waals surface area contributed by atoms with E-state index in [1.807, 2.05) is 0 Å². The van der Waals surface area contributed by atoms with E-state index in [-0.39, 0.29) is 5.60 Å². The second kappa shape index (κ2) is 4.42. The summed E-state index contributed by atoms with van der Waals surface area (Å²) in [7, 11) is 2.24. The Balaban J connectivity index is 2.41. The van der Waals surface area contributed by atoms with Gasteiger partial charge in [0.05, 0.1) is 5.60 Å². The molecule has 1 atom stereocenters. The highest BCUT2D eigenvalue weighted by Crippen LogP contribution is 2.39. The summed E-state index contributed by atoms with van der Waals surface area (Å²) in [6, 6.07) is 0. The zero-order valence-corrected chi connectivity index (χ0v) is 11.3. The van der Waals surface area contributed by atoms with Crippen LogP contribution in [0.25, 0.3) is 0 Å². The molecule has 0 amide bonds. The van der Waals surface area contributed by atoms with Crippen molar-refractivity contribution in [3.63, 3.8) is 0 Å². The van der Waals surface area contributed by atoms with Gasteiger partial charge in [-0.05, 0) is 46.6 Å². The van der Waals surface area contributed by atoms with E-state index in [4.69, 9.17) is 4.74 Å². The second-order valence-electron chi connectivity index (χ2n) is 6.14. The van der Waals surface area contributed by atoms with Crippen molar-refractivity contribution in [2.24, 2.45) is 5.92 Å². The minimum absolute atomic E-state index is 0.000484. The van der Waals surface area contributed by atoms with Crippen LogP contribution in [0.5, 0.6) is 0 Å². The van der Waals surface area contributed by atoms with E-state index in [2.05, 4.69) is 46.6 Å². The van der Waals surface area contributed by atoms with Crippen molar-refractivity contribution in [1.29, 1.82) is 0 Å². The quantitative estimate of drug-likeness (QED) is 0.712. The molecule has 15 heavy (non-hydrogen) atoms. The Morgan fingerprint density at radius 1 is 1.33 bits per heavy atom. The number of hydrogen-bond donors (Lipinski definition) is 0. The number of rotatable bonds is 4. The Morgan fingerprint density at radius 3 is 2.20 bits per heavy atom.